The van der Waals surface area contributed by atoms with Crippen LogP contribution in [0.4, 0.5) is 0 Å². The van der Waals surface area contributed by atoms with Crippen molar-refractivity contribution in [3.8, 4) is 34.8 Å². The summed E-state index contributed by atoms with van der Waals surface area (Å²) < 4.78 is 22.5. The summed E-state index contributed by atoms with van der Waals surface area (Å²) in [6.07, 6.45) is 0.928. The summed E-state index contributed by atoms with van der Waals surface area (Å²) in [5, 5.41) is 0. The van der Waals surface area contributed by atoms with E-state index in [0.717, 1.165) is 35.8 Å². The summed E-state index contributed by atoms with van der Waals surface area (Å²) in [7, 11) is 3.74. The molecule has 0 amide bonds. The number of methoxy groups -OCH3 is 1. The molecule has 0 aromatic heterocycles. The fraction of sp³-hybridized carbons (Fsp3) is 0.333. The highest BCUT2D eigenvalue weighted by atomic mass is 16.7. The van der Waals surface area contributed by atoms with E-state index in [1.807, 2.05) is 30.3 Å². The van der Waals surface area contributed by atoms with Crippen molar-refractivity contribution in [2.75, 3.05) is 34.1 Å². The van der Waals surface area contributed by atoms with Crippen LogP contribution < -0.4 is 18.9 Å². The molecule has 1 unspecified atom stereocenters. The third-order valence-electron chi connectivity index (χ3n) is 4.69. The zero-order chi connectivity index (χ0) is 17.9. The Labute approximate surface area is 153 Å². The normalized spacial score (nSPS) is 17.8. The minimum atomic E-state index is -0.0671. The number of para-hydroxylation sites is 1. The molecule has 0 saturated carbocycles. The Morgan fingerprint density at radius 2 is 2.08 bits per heavy atom. The fourth-order valence-electron chi connectivity index (χ4n) is 3.39. The van der Waals surface area contributed by atoms with Gasteiger partial charge in [0.2, 0.25) is 12.5 Å². The Balaban J connectivity index is 1.61. The summed E-state index contributed by atoms with van der Waals surface area (Å²) in [6.45, 7) is 1.50. The monoisotopic (exact) mass is 351 g/mol. The lowest BCUT2D eigenvalue weighted by atomic mass is 9.91. The lowest BCUT2D eigenvalue weighted by molar-refractivity contribution is 0.171. The van der Waals surface area contributed by atoms with E-state index in [1.165, 1.54) is 5.56 Å². The van der Waals surface area contributed by atoms with Gasteiger partial charge in [0.1, 0.15) is 18.4 Å². The number of nitrogens with zero attached hydrogens (tertiary/aromatic N) is 1. The van der Waals surface area contributed by atoms with Crippen LogP contribution in [0.2, 0.25) is 0 Å². The minimum Gasteiger partial charge on any atom is -0.492 e. The van der Waals surface area contributed by atoms with E-state index < -0.39 is 0 Å². The molecule has 0 bridgehead atoms. The highest BCUT2D eigenvalue weighted by Crippen LogP contribution is 2.49. The Morgan fingerprint density at radius 3 is 2.88 bits per heavy atom. The maximum absolute atomic E-state index is 5.68. The largest absolute Gasteiger partial charge is 0.492 e. The van der Waals surface area contributed by atoms with Gasteiger partial charge in [-0.2, -0.15) is 0 Å². The predicted octanol–water partition coefficient (Wildman–Crippen LogP) is 3.04. The number of rotatable bonds is 3. The van der Waals surface area contributed by atoms with E-state index in [-0.39, 0.29) is 12.8 Å². The molecule has 0 N–H and O–H groups in total. The highest BCUT2D eigenvalue weighted by Gasteiger charge is 2.33. The van der Waals surface area contributed by atoms with Gasteiger partial charge in [-0.3, -0.25) is 4.90 Å². The van der Waals surface area contributed by atoms with E-state index in [9.17, 15) is 0 Å². The zero-order valence-corrected chi connectivity index (χ0v) is 15.0. The molecule has 0 radical (unpaired) electrons. The maximum atomic E-state index is 5.68. The van der Waals surface area contributed by atoms with E-state index in [1.54, 1.807) is 7.11 Å². The predicted molar refractivity (Wildman–Crippen MR) is 97.9 cm³/mol. The van der Waals surface area contributed by atoms with Crippen molar-refractivity contribution in [1.82, 2.24) is 4.90 Å². The van der Waals surface area contributed by atoms with Crippen LogP contribution in [0.3, 0.4) is 0 Å². The summed E-state index contributed by atoms with van der Waals surface area (Å²) in [5.74, 6) is 9.47. The fourth-order valence-corrected chi connectivity index (χ4v) is 3.39. The second kappa shape index (κ2) is 7.19. The highest BCUT2D eigenvalue weighted by molar-refractivity contribution is 5.62. The quantitative estimate of drug-likeness (QED) is 0.795. The van der Waals surface area contributed by atoms with Crippen molar-refractivity contribution in [2.24, 2.45) is 0 Å². The molecule has 5 heteroatoms. The third kappa shape index (κ3) is 3.04. The first kappa shape index (κ1) is 16.6. The van der Waals surface area contributed by atoms with Crippen LogP contribution in [0.15, 0.2) is 36.4 Å². The molecule has 2 heterocycles. The summed E-state index contributed by atoms with van der Waals surface area (Å²) in [5.41, 5.74) is 2.27. The average molecular weight is 351 g/mol. The molecule has 0 saturated heterocycles. The molecule has 4 rings (SSSR count). The lowest BCUT2D eigenvalue weighted by Gasteiger charge is -2.32. The van der Waals surface area contributed by atoms with Gasteiger partial charge >= 0.3 is 0 Å². The number of hydrogen-bond acceptors (Lipinski definition) is 5. The van der Waals surface area contributed by atoms with Crippen LogP contribution in [-0.4, -0.2) is 39.0 Å². The second-order valence-electron chi connectivity index (χ2n) is 6.27. The number of fused-ring (bicyclic) bond motifs is 2. The Bertz CT molecular complexity index is 854. The number of ether oxygens (including phenoxy) is 4. The molecule has 5 nitrogen and oxygen atoms in total. The molecule has 2 aromatic rings. The molecule has 26 heavy (non-hydrogen) atoms. The van der Waals surface area contributed by atoms with Gasteiger partial charge in [0.25, 0.3) is 0 Å². The van der Waals surface area contributed by atoms with Crippen LogP contribution in [0, 0.1) is 11.8 Å². The van der Waals surface area contributed by atoms with Gasteiger partial charge in [-0.1, -0.05) is 30.0 Å². The van der Waals surface area contributed by atoms with Crippen LogP contribution in [0.5, 0.6) is 23.0 Å². The van der Waals surface area contributed by atoms with Gasteiger partial charge in [-0.15, -0.1) is 0 Å². The summed E-state index contributed by atoms with van der Waals surface area (Å²) in [6, 6.07) is 11.7. The Kier molecular flexibility index (Phi) is 4.59. The number of likely N-dealkylation sites (N-methyl/N-ethyl adjacent to an activating group) is 1. The number of benzene rings is 2. The number of hydrogen-bond donors (Lipinski definition) is 0. The molecule has 0 aliphatic carbocycles. The Morgan fingerprint density at radius 1 is 1.23 bits per heavy atom. The first-order valence-corrected chi connectivity index (χ1v) is 8.63. The first-order valence-electron chi connectivity index (χ1n) is 8.63. The van der Waals surface area contributed by atoms with Crippen molar-refractivity contribution in [3.63, 3.8) is 0 Å². The van der Waals surface area contributed by atoms with Crippen LogP contribution in [-0.2, 0) is 6.42 Å². The standard InChI is InChI=1S/C21H21NO4/c1-22-11-10-15-13-18-20(26-14-25-18)21(23-2)19(15)17(22)9-6-12-24-16-7-4-3-5-8-16/h3-5,7-8,13,17H,10-12,14H2,1-2H3. The smallest absolute Gasteiger partial charge is 0.231 e. The third-order valence-corrected chi connectivity index (χ3v) is 4.69. The second-order valence-corrected chi connectivity index (χ2v) is 6.27. The minimum absolute atomic E-state index is 0.0671. The lowest BCUT2D eigenvalue weighted by Crippen LogP contribution is -2.31. The topological polar surface area (TPSA) is 40.2 Å². The van der Waals surface area contributed by atoms with Gasteiger partial charge in [0, 0.05) is 12.1 Å². The van der Waals surface area contributed by atoms with Crippen molar-refractivity contribution >= 4 is 0 Å². The molecule has 0 fully saturated rings. The van der Waals surface area contributed by atoms with Crippen molar-refractivity contribution in [1.29, 1.82) is 0 Å². The molecule has 2 aliphatic heterocycles. The van der Waals surface area contributed by atoms with Gasteiger partial charge in [0.15, 0.2) is 11.5 Å². The molecular weight excluding hydrogens is 330 g/mol. The van der Waals surface area contributed by atoms with Crippen LogP contribution in [0.25, 0.3) is 0 Å². The van der Waals surface area contributed by atoms with Crippen LogP contribution in [0.1, 0.15) is 17.2 Å². The van der Waals surface area contributed by atoms with E-state index in [0.29, 0.717) is 12.4 Å². The van der Waals surface area contributed by atoms with E-state index in [4.69, 9.17) is 18.9 Å². The van der Waals surface area contributed by atoms with Crippen molar-refractivity contribution in [2.45, 2.75) is 12.5 Å². The van der Waals surface area contributed by atoms with Crippen molar-refractivity contribution in [3.05, 3.63) is 47.5 Å². The SMILES string of the molecule is COc1c2c(cc3c1C(C#CCOc1ccccc1)N(C)CC3)OCO2. The summed E-state index contributed by atoms with van der Waals surface area (Å²) >= 11 is 0. The molecule has 0 spiro atoms. The zero-order valence-electron chi connectivity index (χ0n) is 15.0. The molecule has 1 atom stereocenters. The van der Waals surface area contributed by atoms with E-state index in [2.05, 4.69) is 29.9 Å². The molecule has 2 aromatic carbocycles. The van der Waals surface area contributed by atoms with E-state index >= 15 is 0 Å². The van der Waals surface area contributed by atoms with Gasteiger partial charge < -0.3 is 18.9 Å². The van der Waals surface area contributed by atoms with Gasteiger partial charge in [-0.05, 0) is 37.2 Å². The molecule has 134 valence electrons. The van der Waals surface area contributed by atoms with Crippen LogP contribution >= 0.6 is 0 Å². The molecule has 2 aliphatic rings. The van der Waals surface area contributed by atoms with Crippen molar-refractivity contribution < 1.29 is 18.9 Å². The Hall–Kier alpha value is -2.84. The maximum Gasteiger partial charge on any atom is 0.231 e. The molecular formula is C21H21NO4. The van der Waals surface area contributed by atoms with Gasteiger partial charge in [-0.25, -0.2) is 0 Å². The summed E-state index contributed by atoms with van der Waals surface area (Å²) in [4.78, 5) is 2.22. The first-order chi connectivity index (χ1) is 12.8. The average Bonchev–Trinajstić information content (AvgIpc) is 3.14. The van der Waals surface area contributed by atoms with Gasteiger partial charge in [0.05, 0.1) is 7.11 Å².